The van der Waals surface area contributed by atoms with E-state index in [0.717, 1.165) is 39.5 Å². The Morgan fingerprint density at radius 2 is 2.09 bits per heavy atom. The molecule has 3 aromatic rings. The first-order valence-corrected chi connectivity index (χ1v) is 7.48. The van der Waals surface area contributed by atoms with Gasteiger partial charge in [-0.3, -0.25) is 0 Å². The second-order valence-corrected chi connectivity index (χ2v) is 5.36. The standard InChI is InChI=1S/C17H20N4O2/c1-11-12(2)21(7-8-22)17-15(11)16(18-10-19-17)20-13-5-4-6-14(9-13)23-3/h4-6,9-10,22H,7-8H2,1-3H3,(H,18,19,20). The van der Waals surface area contributed by atoms with Gasteiger partial charge in [-0.2, -0.15) is 0 Å². The van der Waals surface area contributed by atoms with Gasteiger partial charge in [-0.15, -0.1) is 0 Å². The molecular formula is C17H20N4O2. The van der Waals surface area contributed by atoms with Gasteiger partial charge in [0.25, 0.3) is 0 Å². The number of fused-ring (bicyclic) bond motifs is 1. The van der Waals surface area contributed by atoms with E-state index in [1.54, 1.807) is 7.11 Å². The summed E-state index contributed by atoms with van der Waals surface area (Å²) < 4.78 is 7.27. The van der Waals surface area contributed by atoms with Crippen LogP contribution in [0, 0.1) is 13.8 Å². The monoisotopic (exact) mass is 312 g/mol. The van der Waals surface area contributed by atoms with Crippen molar-refractivity contribution in [2.24, 2.45) is 0 Å². The molecular weight excluding hydrogens is 292 g/mol. The molecule has 120 valence electrons. The summed E-state index contributed by atoms with van der Waals surface area (Å²) in [4.78, 5) is 8.79. The number of anilines is 2. The van der Waals surface area contributed by atoms with Crippen molar-refractivity contribution in [3.8, 4) is 5.75 Å². The number of aryl methyl sites for hydroxylation is 1. The van der Waals surface area contributed by atoms with Crippen molar-refractivity contribution in [2.45, 2.75) is 20.4 Å². The maximum Gasteiger partial charge on any atom is 0.146 e. The van der Waals surface area contributed by atoms with Gasteiger partial charge in [0.05, 0.1) is 19.1 Å². The van der Waals surface area contributed by atoms with Crippen molar-refractivity contribution in [3.63, 3.8) is 0 Å². The normalized spacial score (nSPS) is 11.0. The highest BCUT2D eigenvalue weighted by atomic mass is 16.5. The molecule has 6 nitrogen and oxygen atoms in total. The van der Waals surface area contributed by atoms with E-state index in [2.05, 4.69) is 15.3 Å². The number of nitrogens with zero attached hydrogens (tertiary/aromatic N) is 3. The second kappa shape index (κ2) is 6.26. The van der Waals surface area contributed by atoms with E-state index in [1.807, 2.05) is 42.7 Å². The summed E-state index contributed by atoms with van der Waals surface area (Å²) in [6.07, 6.45) is 1.54. The topological polar surface area (TPSA) is 72.2 Å². The minimum Gasteiger partial charge on any atom is -0.497 e. The van der Waals surface area contributed by atoms with Gasteiger partial charge in [0, 0.05) is 24.0 Å². The summed E-state index contributed by atoms with van der Waals surface area (Å²) >= 11 is 0. The van der Waals surface area contributed by atoms with E-state index >= 15 is 0 Å². The first-order chi connectivity index (χ1) is 11.2. The number of hydrogen-bond donors (Lipinski definition) is 2. The highest BCUT2D eigenvalue weighted by Gasteiger charge is 2.16. The van der Waals surface area contributed by atoms with Crippen LogP contribution in [0.25, 0.3) is 11.0 Å². The molecule has 0 spiro atoms. The fraction of sp³-hybridized carbons (Fsp3) is 0.294. The number of nitrogens with one attached hydrogen (secondary N) is 1. The lowest BCUT2D eigenvalue weighted by molar-refractivity contribution is 0.276. The Hall–Kier alpha value is -2.60. The maximum atomic E-state index is 9.28. The first-order valence-electron chi connectivity index (χ1n) is 7.48. The Kier molecular flexibility index (Phi) is 4.16. The third-order valence-corrected chi connectivity index (χ3v) is 4.06. The molecule has 6 heteroatoms. The van der Waals surface area contributed by atoms with Crippen molar-refractivity contribution < 1.29 is 9.84 Å². The molecule has 0 atom stereocenters. The molecule has 0 aliphatic carbocycles. The van der Waals surface area contributed by atoms with E-state index in [0.29, 0.717) is 6.54 Å². The summed E-state index contributed by atoms with van der Waals surface area (Å²) in [7, 11) is 1.64. The predicted octanol–water partition coefficient (Wildman–Crippen LogP) is 2.79. The van der Waals surface area contributed by atoms with Crippen LogP contribution in [0.15, 0.2) is 30.6 Å². The van der Waals surface area contributed by atoms with Crippen LogP contribution in [-0.2, 0) is 6.54 Å². The highest BCUT2D eigenvalue weighted by molar-refractivity contribution is 5.93. The SMILES string of the molecule is COc1cccc(Nc2ncnc3c2c(C)c(C)n3CCO)c1. The van der Waals surface area contributed by atoms with Crippen molar-refractivity contribution in [1.29, 1.82) is 0 Å². The van der Waals surface area contributed by atoms with Gasteiger partial charge in [-0.1, -0.05) is 6.07 Å². The van der Waals surface area contributed by atoms with Gasteiger partial charge >= 0.3 is 0 Å². The lowest BCUT2D eigenvalue weighted by atomic mass is 10.2. The Morgan fingerprint density at radius 3 is 2.83 bits per heavy atom. The summed E-state index contributed by atoms with van der Waals surface area (Å²) in [5, 5.41) is 13.6. The molecule has 3 rings (SSSR count). The number of aliphatic hydroxyl groups is 1. The number of ether oxygens (including phenoxy) is 1. The Balaban J connectivity index is 2.09. The Morgan fingerprint density at radius 1 is 1.26 bits per heavy atom. The quantitative estimate of drug-likeness (QED) is 0.758. The van der Waals surface area contributed by atoms with E-state index in [9.17, 15) is 5.11 Å². The zero-order chi connectivity index (χ0) is 16.4. The predicted molar refractivity (Wildman–Crippen MR) is 90.4 cm³/mol. The fourth-order valence-electron chi connectivity index (χ4n) is 2.77. The number of methoxy groups -OCH3 is 1. The Labute approximate surface area is 134 Å². The molecule has 0 unspecified atom stereocenters. The highest BCUT2D eigenvalue weighted by Crippen LogP contribution is 2.30. The molecule has 0 radical (unpaired) electrons. The van der Waals surface area contributed by atoms with Crippen molar-refractivity contribution in [3.05, 3.63) is 41.9 Å². The largest absolute Gasteiger partial charge is 0.497 e. The van der Waals surface area contributed by atoms with Gasteiger partial charge in [-0.05, 0) is 31.5 Å². The molecule has 0 aliphatic rings. The molecule has 0 amide bonds. The first kappa shape index (κ1) is 15.3. The number of benzene rings is 1. The van der Waals surface area contributed by atoms with Crippen molar-refractivity contribution in [2.75, 3.05) is 19.0 Å². The lowest BCUT2D eigenvalue weighted by Gasteiger charge is -2.09. The average Bonchev–Trinajstić information content (AvgIpc) is 2.81. The zero-order valence-electron chi connectivity index (χ0n) is 13.5. The van der Waals surface area contributed by atoms with Gasteiger partial charge < -0.3 is 19.7 Å². The van der Waals surface area contributed by atoms with Crippen LogP contribution in [-0.4, -0.2) is 33.4 Å². The molecule has 2 N–H and O–H groups in total. The van der Waals surface area contributed by atoms with E-state index in [1.165, 1.54) is 6.33 Å². The van der Waals surface area contributed by atoms with Crippen molar-refractivity contribution >= 4 is 22.5 Å². The minimum atomic E-state index is 0.0761. The average molecular weight is 312 g/mol. The van der Waals surface area contributed by atoms with Gasteiger partial charge in [0.1, 0.15) is 23.5 Å². The second-order valence-electron chi connectivity index (χ2n) is 5.36. The van der Waals surface area contributed by atoms with E-state index in [4.69, 9.17) is 4.74 Å². The molecule has 0 fully saturated rings. The van der Waals surface area contributed by atoms with E-state index < -0.39 is 0 Å². The molecule has 0 saturated heterocycles. The van der Waals surface area contributed by atoms with Crippen LogP contribution in [0.4, 0.5) is 11.5 Å². The van der Waals surface area contributed by atoms with Crippen LogP contribution >= 0.6 is 0 Å². The summed E-state index contributed by atoms with van der Waals surface area (Å²) in [5.41, 5.74) is 3.92. The number of aliphatic hydroxyl groups excluding tert-OH is 1. The number of rotatable bonds is 5. The van der Waals surface area contributed by atoms with Gasteiger partial charge in [-0.25, -0.2) is 9.97 Å². The number of hydrogen-bond acceptors (Lipinski definition) is 5. The van der Waals surface area contributed by atoms with Crippen LogP contribution in [0.5, 0.6) is 5.75 Å². The van der Waals surface area contributed by atoms with Crippen LogP contribution in [0.1, 0.15) is 11.3 Å². The molecule has 0 saturated carbocycles. The minimum absolute atomic E-state index is 0.0761. The molecule has 2 heterocycles. The molecule has 1 aromatic carbocycles. The van der Waals surface area contributed by atoms with Crippen molar-refractivity contribution in [1.82, 2.24) is 14.5 Å². The summed E-state index contributed by atoms with van der Waals surface area (Å²) in [6, 6.07) is 7.70. The maximum absolute atomic E-state index is 9.28. The Bertz CT molecular complexity index is 842. The summed E-state index contributed by atoms with van der Waals surface area (Å²) in [5.74, 6) is 1.53. The van der Waals surface area contributed by atoms with Crippen LogP contribution in [0.2, 0.25) is 0 Å². The molecule has 23 heavy (non-hydrogen) atoms. The number of aromatic nitrogens is 3. The smallest absolute Gasteiger partial charge is 0.146 e. The fourth-order valence-corrected chi connectivity index (χ4v) is 2.77. The molecule has 0 bridgehead atoms. The van der Waals surface area contributed by atoms with E-state index in [-0.39, 0.29) is 6.61 Å². The van der Waals surface area contributed by atoms with Crippen LogP contribution in [0.3, 0.4) is 0 Å². The zero-order valence-corrected chi connectivity index (χ0v) is 13.5. The summed E-state index contributed by atoms with van der Waals surface area (Å²) in [6.45, 7) is 4.67. The molecule has 0 aliphatic heterocycles. The third kappa shape index (κ3) is 2.73. The molecule has 2 aromatic heterocycles. The third-order valence-electron chi connectivity index (χ3n) is 4.06. The lowest BCUT2D eigenvalue weighted by Crippen LogP contribution is -2.05. The van der Waals surface area contributed by atoms with Crippen LogP contribution < -0.4 is 10.1 Å². The van der Waals surface area contributed by atoms with Gasteiger partial charge in [0.15, 0.2) is 0 Å². The van der Waals surface area contributed by atoms with Gasteiger partial charge in [0.2, 0.25) is 0 Å².